The molecule has 0 aliphatic rings. The van der Waals surface area contributed by atoms with Crippen molar-refractivity contribution in [1.29, 1.82) is 0 Å². The van der Waals surface area contributed by atoms with Crippen molar-refractivity contribution in [3.63, 3.8) is 0 Å². The first-order valence-corrected chi connectivity index (χ1v) is 4.53. The van der Waals surface area contributed by atoms with Crippen molar-refractivity contribution in [3.05, 3.63) is 30.3 Å². The van der Waals surface area contributed by atoms with Crippen molar-refractivity contribution < 1.29 is 10.2 Å². The maximum atomic E-state index is 9.34. The Labute approximate surface area is 79.3 Å². The summed E-state index contributed by atoms with van der Waals surface area (Å²) in [5.41, 5.74) is 1.32. The Morgan fingerprint density at radius 1 is 1.42 bits per heavy atom. The number of aromatic hydroxyl groups is 2. The summed E-state index contributed by atoms with van der Waals surface area (Å²) in [5.74, 6) is 0.266. The zero-order valence-corrected chi connectivity index (χ0v) is 8.00. The van der Waals surface area contributed by atoms with Crippen LogP contribution in [0.15, 0.2) is 24.8 Å². The molecule has 0 saturated carbocycles. The van der Waals surface area contributed by atoms with Crippen molar-refractivity contribution in [2.45, 2.75) is 0 Å². The third kappa shape index (κ3) is 1.80. The number of hydrogen-bond acceptors (Lipinski definition) is 2. The number of alkyl halides is 1. The van der Waals surface area contributed by atoms with Crippen LogP contribution in [0.5, 0.6) is 11.5 Å². The summed E-state index contributed by atoms with van der Waals surface area (Å²) in [5, 5.41) is 19.0. The third-order valence-corrected chi connectivity index (χ3v) is 2.20. The molecule has 1 aromatic carbocycles. The average molecular weight is 229 g/mol. The van der Waals surface area contributed by atoms with Gasteiger partial charge in [-0.15, -0.1) is 0 Å². The maximum absolute atomic E-state index is 9.34. The standard InChI is InChI=1S/C9H9BrO2/c1-6(5-10)8-4-7(11)2-3-9(8)12/h2-4,11-12H,1,5H2. The molecule has 0 aromatic heterocycles. The highest BCUT2D eigenvalue weighted by Gasteiger charge is 2.04. The summed E-state index contributed by atoms with van der Waals surface area (Å²) in [6.45, 7) is 3.73. The first kappa shape index (κ1) is 9.13. The second kappa shape index (κ2) is 3.63. The molecule has 2 N–H and O–H groups in total. The quantitative estimate of drug-likeness (QED) is 0.604. The lowest BCUT2D eigenvalue weighted by Gasteiger charge is -2.04. The molecule has 0 radical (unpaired) electrons. The molecule has 64 valence electrons. The zero-order valence-electron chi connectivity index (χ0n) is 6.42. The van der Waals surface area contributed by atoms with Crippen LogP contribution in [0.2, 0.25) is 0 Å². The molecule has 12 heavy (non-hydrogen) atoms. The second-order valence-corrected chi connectivity index (χ2v) is 3.00. The van der Waals surface area contributed by atoms with E-state index in [1.54, 1.807) is 0 Å². The highest BCUT2D eigenvalue weighted by molar-refractivity contribution is 9.09. The van der Waals surface area contributed by atoms with E-state index in [0.29, 0.717) is 10.9 Å². The van der Waals surface area contributed by atoms with Gasteiger partial charge in [0.05, 0.1) is 0 Å². The van der Waals surface area contributed by atoms with Gasteiger partial charge in [0, 0.05) is 10.9 Å². The van der Waals surface area contributed by atoms with Gasteiger partial charge in [0.1, 0.15) is 11.5 Å². The Hall–Kier alpha value is -0.960. The number of hydrogen-bond donors (Lipinski definition) is 2. The minimum Gasteiger partial charge on any atom is -0.508 e. The van der Waals surface area contributed by atoms with Crippen molar-refractivity contribution in [2.24, 2.45) is 0 Å². The smallest absolute Gasteiger partial charge is 0.123 e. The maximum Gasteiger partial charge on any atom is 0.123 e. The van der Waals surface area contributed by atoms with Crippen LogP contribution in [0.3, 0.4) is 0 Å². The number of benzene rings is 1. The fourth-order valence-corrected chi connectivity index (χ4v) is 1.18. The zero-order chi connectivity index (χ0) is 9.14. The van der Waals surface area contributed by atoms with Crippen LogP contribution in [0.4, 0.5) is 0 Å². The number of rotatable bonds is 2. The lowest BCUT2D eigenvalue weighted by Crippen LogP contribution is -1.84. The van der Waals surface area contributed by atoms with Gasteiger partial charge in [-0.25, -0.2) is 0 Å². The average Bonchev–Trinajstić information content (AvgIpc) is 2.08. The predicted octanol–water partition coefficient (Wildman–Crippen LogP) is 2.51. The van der Waals surface area contributed by atoms with E-state index in [1.165, 1.54) is 18.2 Å². The normalized spacial score (nSPS) is 9.75. The van der Waals surface area contributed by atoms with Crippen LogP contribution < -0.4 is 0 Å². The Morgan fingerprint density at radius 3 is 2.67 bits per heavy atom. The van der Waals surface area contributed by atoms with Gasteiger partial charge in [-0.05, 0) is 23.8 Å². The molecule has 2 nitrogen and oxygen atoms in total. The Bertz CT molecular complexity index is 307. The summed E-state index contributed by atoms with van der Waals surface area (Å²) in [6, 6.07) is 4.36. The Morgan fingerprint density at radius 2 is 2.08 bits per heavy atom. The molecular weight excluding hydrogens is 220 g/mol. The Balaban J connectivity index is 3.13. The van der Waals surface area contributed by atoms with Crippen LogP contribution in [0, 0.1) is 0 Å². The third-order valence-electron chi connectivity index (χ3n) is 1.52. The summed E-state index contributed by atoms with van der Waals surface area (Å²) in [4.78, 5) is 0. The molecule has 0 bridgehead atoms. The first-order valence-electron chi connectivity index (χ1n) is 3.41. The molecule has 1 aromatic rings. The van der Waals surface area contributed by atoms with Gasteiger partial charge < -0.3 is 10.2 Å². The van der Waals surface area contributed by atoms with Gasteiger partial charge in [0.25, 0.3) is 0 Å². The lowest BCUT2D eigenvalue weighted by molar-refractivity contribution is 0.459. The monoisotopic (exact) mass is 228 g/mol. The predicted molar refractivity (Wildman–Crippen MR) is 52.6 cm³/mol. The molecule has 0 fully saturated rings. The summed E-state index contributed by atoms with van der Waals surface area (Å²) >= 11 is 3.22. The number of phenols is 2. The number of allylic oxidation sites excluding steroid dienone is 1. The largest absolute Gasteiger partial charge is 0.508 e. The van der Waals surface area contributed by atoms with Gasteiger partial charge in [-0.3, -0.25) is 0 Å². The molecular formula is C9H9BrO2. The summed E-state index contributed by atoms with van der Waals surface area (Å²) < 4.78 is 0. The van der Waals surface area contributed by atoms with Crippen LogP contribution in [0.1, 0.15) is 5.56 Å². The fraction of sp³-hybridized carbons (Fsp3) is 0.111. The van der Waals surface area contributed by atoms with Gasteiger partial charge >= 0.3 is 0 Å². The fourth-order valence-electron chi connectivity index (χ4n) is 0.879. The molecule has 0 unspecified atom stereocenters. The molecule has 0 saturated heterocycles. The van der Waals surface area contributed by atoms with E-state index < -0.39 is 0 Å². The van der Waals surface area contributed by atoms with Crippen LogP contribution in [0.25, 0.3) is 5.57 Å². The minimum atomic E-state index is 0.130. The van der Waals surface area contributed by atoms with Gasteiger partial charge in [-0.1, -0.05) is 22.5 Å². The summed E-state index contributed by atoms with van der Waals surface area (Å²) in [7, 11) is 0. The highest BCUT2D eigenvalue weighted by Crippen LogP contribution is 2.28. The van der Waals surface area contributed by atoms with Crippen molar-refractivity contribution in [1.82, 2.24) is 0 Å². The molecule has 3 heteroatoms. The second-order valence-electron chi connectivity index (χ2n) is 2.44. The van der Waals surface area contributed by atoms with E-state index in [0.717, 1.165) is 5.57 Å². The first-order chi connectivity index (χ1) is 5.65. The van der Waals surface area contributed by atoms with E-state index in [9.17, 15) is 5.11 Å². The van der Waals surface area contributed by atoms with E-state index >= 15 is 0 Å². The van der Waals surface area contributed by atoms with Crippen LogP contribution >= 0.6 is 15.9 Å². The molecule has 0 heterocycles. The van der Waals surface area contributed by atoms with E-state index in [4.69, 9.17) is 5.11 Å². The minimum absolute atomic E-state index is 0.130. The summed E-state index contributed by atoms with van der Waals surface area (Å²) in [6.07, 6.45) is 0. The molecule has 0 atom stereocenters. The molecule has 1 rings (SSSR count). The van der Waals surface area contributed by atoms with E-state index in [-0.39, 0.29) is 11.5 Å². The molecule has 0 spiro atoms. The SMILES string of the molecule is C=C(CBr)c1cc(O)ccc1O. The van der Waals surface area contributed by atoms with Crippen molar-refractivity contribution in [2.75, 3.05) is 5.33 Å². The number of halogens is 1. The molecule has 0 aliphatic heterocycles. The lowest BCUT2D eigenvalue weighted by atomic mass is 10.1. The van der Waals surface area contributed by atoms with E-state index in [2.05, 4.69) is 22.5 Å². The number of phenolic OH excluding ortho intramolecular Hbond substituents is 2. The molecule has 0 aliphatic carbocycles. The molecule has 0 amide bonds. The topological polar surface area (TPSA) is 40.5 Å². The van der Waals surface area contributed by atoms with Gasteiger partial charge in [0.2, 0.25) is 0 Å². The van der Waals surface area contributed by atoms with E-state index in [1.807, 2.05) is 0 Å². The van der Waals surface area contributed by atoms with Crippen molar-refractivity contribution in [3.8, 4) is 11.5 Å². The van der Waals surface area contributed by atoms with Gasteiger partial charge in [-0.2, -0.15) is 0 Å². The highest BCUT2D eigenvalue weighted by atomic mass is 79.9. The van der Waals surface area contributed by atoms with Crippen LogP contribution in [-0.2, 0) is 0 Å². The van der Waals surface area contributed by atoms with Crippen LogP contribution in [-0.4, -0.2) is 15.5 Å². The van der Waals surface area contributed by atoms with Crippen molar-refractivity contribution >= 4 is 21.5 Å². The van der Waals surface area contributed by atoms with Gasteiger partial charge in [0.15, 0.2) is 0 Å². The Kier molecular flexibility index (Phi) is 2.76.